The lowest BCUT2D eigenvalue weighted by atomic mass is 10.1. The molecule has 0 heterocycles. The Morgan fingerprint density at radius 1 is 0.875 bits per heavy atom. The van der Waals surface area contributed by atoms with Crippen molar-refractivity contribution in [3.63, 3.8) is 0 Å². The van der Waals surface area contributed by atoms with Gasteiger partial charge in [0.1, 0.15) is 12.6 Å². The molecule has 214 valence electrons. The van der Waals surface area contributed by atoms with Crippen LogP contribution in [0.2, 0.25) is 5.02 Å². The van der Waals surface area contributed by atoms with E-state index in [-0.39, 0.29) is 23.4 Å². The Bertz CT molecular complexity index is 1430. The summed E-state index contributed by atoms with van der Waals surface area (Å²) in [7, 11) is -4.15. The molecule has 0 aliphatic carbocycles. The van der Waals surface area contributed by atoms with Crippen molar-refractivity contribution in [1.82, 2.24) is 10.2 Å². The molecule has 7 nitrogen and oxygen atoms in total. The van der Waals surface area contributed by atoms with Crippen LogP contribution in [0.3, 0.4) is 0 Å². The molecule has 0 saturated heterocycles. The predicted molar refractivity (Wildman–Crippen MR) is 161 cm³/mol. The molecule has 3 aromatic rings. The third-order valence-electron chi connectivity index (χ3n) is 7.05. The van der Waals surface area contributed by atoms with Gasteiger partial charge in [0.15, 0.2) is 0 Å². The van der Waals surface area contributed by atoms with Gasteiger partial charge in [-0.15, -0.1) is 0 Å². The highest BCUT2D eigenvalue weighted by Crippen LogP contribution is 2.28. The Balaban J connectivity index is 2.08. The van der Waals surface area contributed by atoms with Crippen LogP contribution in [0.5, 0.6) is 0 Å². The lowest BCUT2D eigenvalue weighted by molar-refractivity contribution is -0.140. The molecule has 0 fully saturated rings. The fourth-order valence-corrected chi connectivity index (χ4v) is 6.03. The highest BCUT2D eigenvalue weighted by Gasteiger charge is 2.34. The number of benzene rings is 3. The van der Waals surface area contributed by atoms with Gasteiger partial charge >= 0.3 is 0 Å². The number of carbonyl (C=O) groups excluding carboxylic acids is 2. The molecule has 2 atom stereocenters. The van der Waals surface area contributed by atoms with Crippen molar-refractivity contribution >= 4 is 39.1 Å². The quantitative estimate of drug-likeness (QED) is 0.289. The SMILES string of the molecule is CC[C@H](C(=O)N[C@@H](C)CC)N(Cc1ccccc1C)C(=O)CN(c1ccccc1C)S(=O)(=O)c1ccc(Cl)cc1. The van der Waals surface area contributed by atoms with Crippen LogP contribution in [0.15, 0.2) is 77.7 Å². The van der Waals surface area contributed by atoms with Gasteiger partial charge in [-0.1, -0.05) is 67.9 Å². The number of nitrogens with zero attached hydrogens (tertiary/aromatic N) is 2. The van der Waals surface area contributed by atoms with E-state index < -0.39 is 28.5 Å². The minimum atomic E-state index is -4.15. The average Bonchev–Trinajstić information content (AvgIpc) is 2.93. The van der Waals surface area contributed by atoms with E-state index in [2.05, 4.69) is 5.32 Å². The summed E-state index contributed by atoms with van der Waals surface area (Å²) in [5, 5.41) is 3.40. The smallest absolute Gasteiger partial charge is 0.264 e. The van der Waals surface area contributed by atoms with Crippen molar-refractivity contribution < 1.29 is 18.0 Å². The number of carbonyl (C=O) groups is 2. The van der Waals surface area contributed by atoms with Gasteiger partial charge in [0.2, 0.25) is 11.8 Å². The first-order valence-electron chi connectivity index (χ1n) is 13.5. The van der Waals surface area contributed by atoms with E-state index in [4.69, 9.17) is 11.6 Å². The molecule has 0 aromatic heterocycles. The molecule has 2 amide bonds. The Hall–Kier alpha value is -3.36. The van der Waals surface area contributed by atoms with Crippen molar-refractivity contribution in [3.05, 3.63) is 94.5 Å². The normalized spacial score (nSPS) is 12.8. The van der Waals surface area contributed by atoms with Gasteiger partial charge in [-0.2, -0.15) is 0 Å². The molecule has 0 saturated carbocycles. The summed E-state index contributed by atoms with van der Waals surface area (Å²) in [4.78, 5) is 29.1. The predicted octanol–water partition coefficient (Wildman–Crippen LogP) is 5.87. The van der Waals surface area contributed by atoms with Gasteiger partial charge < -0.3 is 10.2 Å². The molecular formula is C31H38ClN3O4S. The molecule has 3 rings (SSSR count). The number of rotatable bonds is 12. The fraction of sp³-hybridized carbons (Fsp3) is 0.355. The van der Waals surface area contributed by atoms with E-state index in [0.717, 1.165) is 21.9 Å². The van der Waals surface area contributed by atoms with Gasteiger partial charge in [-0.05, 0) is 80.6 Å². The lowest BCUT2D eigenvalue weighted by Crippen LogP contribution is -2.53. The van der Waals surface area contributed by atoms with E-state index in [0.29, 0.717) is 22.7 Å². The molecule has 1 N–H and O–H groups in total. The highest BCUT2D eigenvalue weighted by molar-refractivity contribution is 7.92. The largest absolute Gasteiger partial charge is 0.352 e. The van der Waals surface area contributed by atoms with Crippen LogP contribution in [0, 0.1) is 13.8 Å². The Kier molecular flexibility index (Phi) is 10.8. The molecule has 0 aliphatic heterocycles. The number of nitrogens with one attached hydrogen (secondary N) is 1. The summed E-state index contributed by atoms with van der Waals surface area (Å²) in [6, 6.07) is 19.7. The maximum Gasteiger partial charge on any atom is 0.264 e. The summed E-state index contributed by atoms with van der Waals surface area (Å²) in [5.41, 5.74) is 2.94. The molecule has 3 aromatic carbocycles. The standard InChI is InChI=1S/C31H38ClN3O4S/c1-6-24(5)33-31(37)28(7-2)34(20-25-14-10-8-12-22(25)3)30(36)21-35(29-15-11-9-13-23(29)4)40(38,39)27-18-16-26(32)17-19-27/h8-19,24,28H,6-7,20-21H2,1-5H3,(H,33,37)/t24-,28+/m0/s1. The number of hydrogen-bond donors (Lipinski definition) is 1. The van der Waals surface area contributed by atoms with Crippen molar-refractivity contribution in [2.75, 3.05) is 10.8 Å². The second-order valence-electron chi connectivity index (χ2n) is 9.94. The van der Waals surface area contributed by atoms with Crippen LogP contribution >= 0.6 is 11.6 Å². The Labute approximate surface area is 243 Å². The molecule has 0 radical (unpaired) electrons. The number of amides is 2. The number of para-hydroxylation sites is 1. The van der Waals surface area contributed by atoms with Gasteiger partial charge in [-0.3, -0.25) is 13.9 Å². The van der Waals surface area contributed by atoms with Crippen LogP contribution in [0.1, 0.15) is 50.3 Å². The molecule has 40 heavy (non-hydrogen) atoms. The van der Waals surface area contributed by atoms with E-state index in [1.54, 1.807) is 25.1 Å². The van der Waals surface area contributed by atoms with Crippen LogP contribution < -0.4 is 9.62 Å². The van der Waals surface area contributed by atoms with E-state index >= 15 is 0 Å². The zero-order chi connectivity index (χ0) is 29.4. The number of sulfonamides is 1. The fourth-order valence-electron chi connectivity index (χ4n) is 4.42. The summed E-state index contributed by atoms with van der Waals surface area (Å²) >= 11 is 6.02. The molecule has 0 spiro atoms. The third-order valence-corrected chi connectivity index (χ3v) is 9.08. The van der Waals surface area contributed by atoms with Crippen LogP contribution in [0.25, 0.3) is 0 Å². The molecule has 0 bridgehead atoms. The summed E-state index contributed by atoms with van der Waals surface area (Å²) in [5.74, 6) is -0.739. The first-order chi connectivity index (χ1) is 19.0. The summed E-state index contributed by atoms with van der Waals surface area (Å²) in [6.07, 6.45) is 1.11. The van der Waals surface area contributed by atoms with Gasteiger partial charge in [0.25, 0.3) is 10.0 Å². The topological polar surface area (TPSA) is 86.8 Å². The number of anilines is 1. The first kappa shape index (κ1) is 31.2. The molecule has 0 aliphatic rings. The Morgan fingerprint density at radius 2 is 1.48 bits per heavy atom. The zero-order valence-corrected chi connectivity index (χ0v) is 25.3. The summed E-state index contributed by atoms with van der Waals surface area (Å²) < 4.78 is 29.0. The van der Waals surface area contributed by atoms with Crippen molar-refractivity contribution in [3.8, 4) is 0 Å². The van der Waals surface area contributed by atoms with Crippen LogP contribution in [0.4, 0.5) is 5.69 Å². The minimum Gasteiger partial charge on any atom is -0.352 e. The maximum absolute atomic E-state index is 14.2. The van der Waals surface area contributed by atoms with E-state index in [1.165, 1.54) is 29.2 Å². The van der Waals surface area contributed by atoms with Crippen LogP contribution in [-0.2, 0) is 26.2 Å². The zero-order valence-electron chi connectivity index (χ0n) is 23.7. The molecule has 9 heteroatoms. The average molecular weight is 584 g/mol. The lowest BCUT2D eigenvalue weighted by Gasteiger charge is -2.34. The minimum absolute atomic E-state index is 0.0139. The van der Waals surface area contributed by atoms with Crippen molar-refractivity contribution in [1.29, 1.82) is 0 Å². The third kappa shape index (κ3) is 7.43. The monoisotopic (exact) mass is 583 g/mol. The molecule has 0 unspecified atom stereocenters. The second-order valence-corrected chi connectivity index (χ2v) is 12.2. The summed E-state index contributed by atoms with van der Waals surface area (Å²) in [6.45, 7) is 9.17. The number of hydrogen-bond acceptors (Lipinski definition) is 4. The Morgan fingerprint density at radius 3 is 2.05 bits per heavy atom. The maximum atomic E-state index is 14.2. The van der Waals surface area contributed by atoms with E-state index in [1.807, 2.05) is 58.0 Å². The number of aryl methyl sites for hydroxylation is 2. The molecular weight excluding hydrogens is 546 g/mol. The van der Waals surface area contributed by atoms with Gasteiger partial charge in [0.05, 0.1) is 10.6 Å². The number of halogens is 1. The van der Waals surface area contributed by atoms with E-state index in [9.17, 15) is 18.0 Å². The van der Waals surface area contributed by atoms with Gasteiger partial charge in [-0.25, -0.2) is 8.42 Å². The van der Waals surface area contributed by atoms with Crippen LogP contribution in [-0.4, -0.2) is 43.8 Å². The van der Waals surface area contributed by atoms with Crippen molar-refractivity contribution in [2.24, 2.45) is 0 Å². The van der Waals surface area contributed by atoms with Crippen molar-refractivity contribution in [2.45, 2.75) is 71.0 Å². The highest BCUT2D eigenvalue weighted by atomic mass is 35.5. The second kappa shape index (κ2) is 13.8. The first-order valence-corrected chi connectivity index (χ1v) is 15.3. The van der Waals surface area contributed by atoms with Gasteiger partial charge in [0, 0.05) is 17.6 Å².